The van der Waals surface area contributed by atoms with Crippen LogP contribution in [0.4, 0.5) is 5.69 Å². The van der Waals surface area contributed by atoms with Gasteiger partial charge in [0.05, 0.1) is 18.5 Å². The minimum Gasteiger partial charge on any atom is -0.467 e. The maximum absolute atomic E-state index is 5.21. The number of rotatable bonds is 4. The predicted molar refractivity (Wildman–Crippen MR) is 80.8 cm³/mol. The van der Waals surface area contributed by atoms with Crippen molar-refractivity contribution < 1.29 is 4.42 Å². The van der Waals surface area contributed by atoms with Gasteiger partial charge in [0.25, 0.3) is 0 Å². The molecule has 0 aliphatic carbocycles. The summed E-state index contributed by atoms with van der Waals surface area (Å²) in [4.78, 5) is 0. The monoisotopic (exact) mass is 275 g/mol. The molecule has 0 spiro atoms. The van der Waals surface area contributed by atoms with Gasteiger partial charge in [0.2, 0.25) is 0 Å². The van der Waals surface area contributed by atoms with E-state index in [-0.39, 0.29) is 0 Å². The minimum absolute atomic E-state index is 0.525. The molecule has 2 aromatic rings. The first-order valence-corrected chi connectivity index (χ1v) is 6.45. The molecule has 0 radical (unpaired) electrons. The van der Waals surface area contributed by atoms with Gasteiger partial charge < -0.3 is 9.73 Å². The molecule has 2 rings (SSSR count). The smallest absolute Gasteiger partial charge is 0.185 e. The van der Waals surface area contributed by atoms with Crippen molar-refractivity contribution in [2.45, 2.75) is 20.4 Å². The average Bonchev–Trinajstić information content (AvgIpc) is 2.90. The van der Waals surface area contributed by atoms with E-state index in [4.69, 9.17) is 16.6 Å². The van der Waals surface area contributed by atoms with E-state index in [0.29, 0.717) is 11.7 Å². The average molecular weight is 275 g/mol. The van der Waals surface area contributed by atoms with E-state index in [1.165, 1.54) is 5.56 Å². The zero-order valence-electron chi connectivity index (χ0n) is 11.0. The molecule has 0 atom stereocenters. The summed E-state index contributed by atoms with van der Waals surface area (Å²) in [6.07, 6.45) is 1.64. The van der Waals surface area contributed by atoms with Gasteiger partial charge in [-0.2, -0.15) is 0 Å². The lowest BCUT2D eigenvalue weighted by Gasteiger charge is -2.14. The third kappa shape index (κ3) is 3.99. The van der Waals surface area contributed by atoms with Gasteiger partial charge in [0, 0.05) is 0 Å². The van der Waals surface area contributed by atoms with Crippen LogP contribution in [0, 0.1) is 13.8 Å². The molecule has 3 N–H and O–H groups in total. The molecule has 0 amide bonds. The van der Waals surface area contributed by atoms with Crippen molar-refractivity contribution in [3.05, 3.63) is 53.5 Å². The fourth-order valence-electron chi connectivity index (χ4n) is 1.62. The molecule has 1 aromatic heterocycles. The lowest BCUT2D eigenvalue weighted by Crippen LogP contribution is -2.38. The first-order chi connectivity index (χ1) is 9.15. The number of hydrazine groups is 1. The maximum Gasteiger partial charge on any atom is 0.185 e. The topological polar surface area (TPSA) is 49.2 Å². The Kier molecular flexibility index (Phi) is 4.41. The summed E-state index contributed by atoms with van der Waals surface area (Å²) in [5, 5.41) is 3.58. The Labute approximate surface area is 118 Å². The Hall–Kier alpha value is -2.01. The number of furan rings is 1. The number of benzene rings is 1. The highest BCUT2D eigenvalue weighted by atomic mass is 32.1. The Balaban J connectivity index is 1.81. The van der Waals surface area contributed by atoms with E-state index in [1.807, 2.05) is 19.1 Å². The molecule has 0 saturated heterocycles. The SMILES string of the molecule is Cc1ccc(C)c(NNC(=S)NCc2ccco2)c1. The van der Waals surface area contributed by atoms with Gasteiger partial charge in [-0.1, -0.05) is 12.1 Å². The Morgan fingerprint density at radius 1 is 1.26 bits per heavy atom. The van der Waals surface area contributed by atoms with Crippen LogP contribution in [0.5, 0.6) is 0 Å². The molecule has 19 heavy (non-hydrogen) atoms. The van der Waals surface area contributed by atoms with Gasteiger partial charge in [0.1, 0.15) is 5.76 Å². The van der Waals surface area contributed by atoms with Gasteiger partial charge >= 0.3 is 0 Å². The fourth-order valence-corrected chi connectivity index (χ4v) is 1.74. The second kappa shape index (κ2) is 6.24. The number of hydrogen-bond acceptors (Lipinski definition) is 3. The van der Waals surface area contributed by atoms with Crippen LogP contribution in [0.25, 0.3) is 0 Å². The van der Waals surface area contributed by atoms with E-state index in [9.17, 15) is 0 Å². The zero-order chi connectivity index (χ0) is 13.7. The predicted octanol–water partition coefficient (Wildman–Crippen LogP) is 2.89. The van der Waals surface area contributed by atoms with E-state index < -0.39 is 0 Å². The summed E-state index contributed by atoms with van der Waals surface area (Å²) in [6, 6.07) is 9.96. The number of thiocarbonyl (C=S) groups is 1. The van der Waals surface area contributed by atoms with E-state index in [2.05, 4.69) is 41.3 Å². The minimum atomic E-state index is 0.525. The molecule has 0 unspecified atom stereocenters. The van der Waals surface area contributed by atoms with Crippen LogP contribution in [-0.2, 0) is 6.54 Å². The first-order valence-electron chi connectivity index (χ1n) is 6.04. The molecular formula is C14H17N3OS. The number of nitrogens with one attached hydrogen (secondary N) is 3. The van der Waals surface area contributed by atoms with Crippen molar-refractivity contribution in [2.24, 2.45) is 0 Å². The first kappa shape index (κ1) is 13.4. The summed E-state index contributed by atoms with van der Waals surface area (Å²) in [5.74, 6) is 0.843. The van der Waals surface area contributed by atoms with Gasteiger partial charge in [0.15, 0.2) is 5.11 Å². The Morgan fingerprint density at radius 2 is 2.11 bits per heavy atom. The van der Waals surface area contributed by atoms with Crippen LogP contribution in [0.2, 0.25) is 0 Å². The van der Waals surface area contributed by atoms with Gasteiger partial charge in [-0.05, 0) is 55.4 Å². The highest BCUT2D eigenvalue weighted by Gasteiger charge is 2.00. The summed E-state index contributed by atoms with van der Waals surface area (Å²) in [6.45, 7) is 4.66. The lowest BCUT2D eigenvalue weighted by atomic mass is 10.1. The second-order valence-electron chi connectivity index (χ2n) is 4.33. The van der Waals surface area contributed by atoms with Gasteiger partial charge in [-0.3, -0.25) is 10.9 Å². The summed E-state index contributed by atoms with van der Waals surface area (Å²) in [7, 11) is 0. The highest BCUT2D eigenvalue weighted by Crippen LogP contribution is 2.14. The Bertz CT molecular complexity index is 552. The van der Waals surface area contributed by atoms with Crippen LogP contribution >= 0.6 is 12.2 Å². The fraction of sp³-hybridized carbons (Fsp3) is 0.214. The number of hydrogen-bond donors (Lipinski definition) is 3. The Morgan fingerprint density at radius 3 is 2.84 bits per heavy atom. The third-order valence-electron chi connectivity index (χ3n) is 2.71. The molecule has 1 heterocycles. The van der Waals surface area contributed by atoms with E-state index in [0.717, 1.165) is 17.0 Å². The van der Waals surface area contributed by atoms with Gasteiger partial charge in [-0.25, -0.2) is 0 Å². The third-order valence-corrected chi connectivity index (χ3v) is 2.95. The summed E-state index contributed by atoms with van der Waals surface area (Å²) >= 11 is 5.18. The molecule has 0 saturated carbocycles. The van der Waals surface area contributed by atoms with Crippen LogP contribution in [0.1, 0.15) is 16.9 Å². The van der Waals surface area contributed by atoms with Crippen molar-refractivity contribution >= 4 is 23.0 Å². The molecular weight excluding hydrogens is 258 g/mol. The van der Waals surface area contributed by atoms with E-state index in [1.54, 1.807) is 6.26 Å². The molecule has 5 heteroatoms. The summed E-state index contributed by atoms with van der Waals surface area (Å²) < 4.78 is 5.21. The highest BCUT2D eigenvalue weighted by molar-refractivity contribution is 7.80. The number of anilines is 1. The molecule has 4 nitrogen and oxygen atoms in total. The van der Waals surface area contributed by atoms with Gasteiger partial charge in [-0.15, -0.1) is 0 Å². The van der Waals surface area contributed by atoms with E-state index >= 15 is 0 Å². The molecule has 1 aromatic carbocycles. The molecule has 0 aliphatic rings. The second-order valence-corrected chi connectivity index (χ2v) is 4.74. The van der Waals surface area contributed by atoms with Crippen molar-refractivity contribution in [1.82, 2.24) is 10.7 Å². The standard InChI is InChI=1S/C14H17N3OS/c1-10-5-6-11(2)13(8-10)16-17-14(19)15-9-12-4-3-7-18-12/h3-8,16H,9H2,1-2H3,(H2,15,17,19). The van der Waals surface area contributed by atoms with Crippen LogP contribution in [0.15, 0.2) is 41.0 Å². The van der Waals surface area contributed by atoms with Crippen LogP contribution < -0.4 is 16.2 Å². The van der Waals surface area contributed by atoms with Crippen molar-refractivity contribution in [2.75, 3.05) is 5.43 Å². The van der Waals surface area contributed by atoms with Crippen LogP contribution in [-0.4, -0.2) is 5.11 Å². The quantitative estimate of drug-likeness (QED) is 0.592. The molecule has 0 fully saturated rings. The molecule has 100 valence electrons. The number of aryl methyl sites for hydroxylation is 2. The zero-order valence-corrected chi connectivity index (χ0v) is 11.8. The lowest BCUT2D eigenvalue weighted by molar-refractivity contribution is 0.503. The largest absolute Gasteiger partial charge is 0.467 e. The molecule has 0 bridgehead atoms. The summed E-state index contributed by atoms with van der Waals surface area (Å²) in [5.41, 5.74) is 9.43. The maximum atomic E-state index is 5.21. The normalized spacial score (nSPS) is 10.0. The van der Waals surface area contributed by atoms with Crippen molar-refractivity contribution in [3.63, 3.8) is 0 Å². The van der Waals surface area contributed by atoms with Crippen molar-refractivity contribution in [1.29, 1.82) is 0 Å². The van der Waals surface area contributed by atoms with Crippen LogP contribution in [0.3, 0.4) is 0 Å². The molecule has 0 aliphatic heterocycles. The van der Waals surface area contributed by atoms with Crippen molar-refractivity contribution in [3.8, 4) is 0 Å².